The summed E-state index contributed by atoms with van der Waals surface area (Å²) in [7, 11) is 1.72. The lowest BCUT2D eigenvalue weighted by molar-refractivity contribution is 0.407. The maximum Gasteiger partial charge on any atom is 0.124 e. The molecule has 0 heterocycles. The third kappa shape index (κ3) is 3.24. The Balaban J connectivity index is 3.03. The van der Waals surface area contributed by atoms with Crippen molar-refractivity contribution in [2.45, 2.75) is 46.7 Å². The number of methoxy groups -OCH3 is 1. The molecule has 18 heavy (non-hydrogen) atoms. The fourth-order valence-electron chi connectivity index (χ4n) is 2.26. The predicted octanol–water partition coefficient (Wildman–Crippen LogP) is 2.62. The monoisotopic (exact) mass is 250 g/mol. The average Bonchev–Trinajstić information content (AvgIpc) is 2.31. The zero-order chi connectivity index (χ0) is 13.9. The second-order valence-electron chi connectivity index (χ2n) is 5.24. The molecule has 3 nitrogen and oxygen atoms in total. The molecule has 3 heteroatoms. The molecule has 0 aliphatic carbocycles. The molecule has 1 aromatic rings. The summed E-state index contributed by atoms with van der Waals surface area (Å²) in [5.74, 6) is 0.972. The maximum atomic E-state index is 6.27. The molecule has 3 N–H and O–H groups in total. The van der Waals surface area contributed by atoms with Crippen LogP contribution in [-0.4, -0.2) is 19.7 Å². The van der Waals surface area contributed by atoms with Crippen molar-refractivity contribution in [1.29, 1.82) is 0 Å². The van der Waals surface area contributed by atoms with E-state index in [4.69, 9.17) is 10.5 Å². The van der Waals surface area contributed by atoms with E-state index >= 15 is 0 Å². The van der Waals surface area contributed by atoms with Gasteiger partial charge in [0.25, 0.3) is 0 Å². The first-order chi connectivity index (χ1) is 8.38. The summed E-state index contributed by atoms with van der Waals surface area (Å²) in [6.07, 6.45) is 0. The van der Waals surface area contributed by atoms with Crippen LogP contribution in [-0.2, 0) is 0 Å². The fourth-order valence-corrected chi connectivity index (χ4v) is 2.26. The lowest BCUT2D eigenvalue weighted by Crippen LogP contribution is -2.32. The van der Waals surface area contributed by atoms with Crippen LogP contribution >= 0.6 is 0 Å². The van der Waals surface area contributed by atoms with Crippen LogP contribution in [0.1, 0.15) is 42.1 Å². The number of aryl methyl sites for hydroxylation is 1. The van der Waals surface area contributed by atoms with E-state index in [1.54, 1.807) is 7.11 Å². The SMILES string of the molecule is COc1c(C)cc(C(N)CNC(C)C)c(C)c1C. The molecule has 0 aromatic heterocycles. The van der Waals surface area contributed by atoms with Gasteiger partial charge < -0.3 is 15.8 Å². The predicted molar refractivity (Wildman–Crippen MR) is 77.3 cm³/mol. The first kappa shape index (κ1) is 15.0. The number of rotatable bonds is 5. The molecule has 0 saturated heterocycles. The molecule has 1 atom stereocenters. The first-order valence-corrected chi connectivity index (χ1v) is 6.52. The maximum absolute atomic E-state index is 6.27. The minimum absolute atomic E-state index is 0.0238. The number of hydrogen-bond acceptors (Lipinski definition) is 3. The van der Waals surface area contributed by atoms with Gasteiger partial charge in [-0.2, -0.15) is 0 Å². The van der Waals surface area contributed by atoms with E-state index in [1.807, 2.05) is 0 Å². The summed E-state index contributed by atoms with van der Waals surface area (Å²) in [5.41, 5.74) is 11.0. The molecule has 0 spiro atoms. The molecule has 1 rings (SSSR count). The van der Waals surface area contributed by atoms with Gasteiger partial charge >= 0.3 is 0 Å². The van der Waals surface area contributed by atoms with Gasteiger partial charge in [0.05, 0.1) is 7.11 Å². The van der Waals surface area contributed by atoms with Gasteiger partial charge in [-0.1, -0.05) is 19.9 Å². The summed E-state index contributed by atoms with van der Waals surface area (Å²) < 4.78 is 5.43. The van der Waals surface area contributed by atoms with Crippen molar-refractivity contribution in [1.82, 2.24) is 5.32 Å². The smallest absolute Gasteiger partial charge is 0.124 e. The van der Waals surface area contributed by atoms with Crippen molar-refractivity contribution in [2.75, 3.05) is 13.7 Å². The Hall–Kier alpha value is -1.06. The molecule has 1 unspecified atom stereocenters. The first-order valence-electron chi connectivity index (χ1n) is 6.52. The van der Waals surface area contributed by atoms with Crippen LogP contribution in [0.5, 0.6) is 5.75 Å². The molecule has 1 aromatic carbocycles. The number of benzene rings is 1. The summed E-state index contributed by atoms with van der Waals surface area (Å²) in [4.78, 5) is 0. The van der Waals surface area contributed by atoms with E-state index in [9.17, 15) is 0 Å². The van der Waals surface area contributed by atoms with Crippen molar-refractivity contribution in [3.8, 4) is 5.75 Å². The van der Waals surface area contributed by atoms with Crippen LogP contribution in [0.25, 0.3) is 0 Å². The molecular formula is C15H26N2O. The van der Waals surface area contributed by atoms with Gasteiger partial charge in [-0.3, -0.25) is 0 Å². The van der Waals surface area contributed by atoms with Crippen molar-refractivity contribution in [3.05, 3.63) is 28.3 Å². The summed E-state index contributed by atoms with van der Waals surface area (Å²) >= 11 is 0. The largest absolute Gasteiger partial charge is 0.496 e. The van der Waals surface area contributed by atoms with E-state index in [0.717, 1.165) is 17.9 Å². The highest BCUT2D eigenvalue weighted by molar-refractivity contribution is 5.49. The Kier molecular flexibility index (Phi) is 5.17. The quantitative estimate of drug-likeness (QED) is 0.844. The van der Waals surface area contributed by atoms with Crippen LogP contribution in [0.3, 0.4) is 0 Å². The van der Waals surface area contributed by atoms with Gasteiger partial charge in [-0.25, -0.2) is 0 Å². The molecule has 102 valence electrons. The van der Waals surface area contributed by atoms with E-state index in [0.29, 0.717) is 6.04 Å². The second-order valence-corrected chi connectivity index (χ2v) is 5.24. The minimum Gasteiger partial charge on any atom is -0.496 e. The van der Waals surface area contributed by atoms with Crippen molar-refractivity contribution >= 4 is 0 Å². The van der Waals surface area contributed by atoms with E-state index in [2.05, 4.69) is 46.0 Å². The molecule has 0 saturated carbocycles. The Morgan fingerprint density at radius 3 is 2.33 bits per heavy atom. The summed E-state index contributed by atoms with van der Waals surface area (Å²) in [6, 6.07) is 2.63. The minimum atomic E-state index is 0.0238. The van der Waals surface area contributed by atoms with E-state index in [-0.39, 0.29) is 6.04 Å². The summed E-state index contributed by atoms with van der Waals surface area (Å²) in [6.45, 7) is 11.3. The fraction of sp³-hybridized carbons (Fsp3) is 0.600. The van der Waals surface area contributed by atoms with Crippen molar-refractivity contribution in [3.63, 3.8) is 0 Å². The highest BCUT2D eigenvalue weighted by Crippen LogP contribution is 2.30. The third-order valence-corrected chi connectivity index (χ3v) is 3.42. The van der Waals surface area contributed by atoms with Gasteiger partial charge in [0.2, 0.25) is 0 Å². The van der Waals surface area contributed by atoms with Gasteiger partial charge in [-0.15, -0.1) is 0 Å². The van der Waals surface area contributed by atoms with Gasteiger partial charge in [0, 0.05) is 18.6 Å². The van der Waals surface area contributed by atoms with Crippen molar-refractivity contribution < 1.29 is 4.74 Å². The molecule has 0 aliphatic rings. The van der Waals surface area contributed by atoms with Gasteiger partial charge in [0.15, 0.2) is 0 Å². The van der Waals surface area contributed by atoms with Gasteiger partial charge in [0.1, 0.15) is 5.75 Å². The van der Waals surface area contributed by atoms with Crippen LogP contribution < -0.4 is 15.8 Å². The van der Waals surface area contributed by atoms with E-state index in [1.165, 1.54) is 16.7 Å². The molecule has 0 radical (unpaired) electrons. The normalized spacial score (nSPS) is 12.9. The Bertz CT molecular complexity index is 413. The topological polar surface area (TPSA) is 47.3 Å². The Labute approximate surface area is 111 Å². The second kappa shape index (κ2) is 6.21. The number of hydrogen-bond donors (Lipinski definition) is 2. The van der Waals surface area contributed by atoms with Crippen LogP contribution in [0.2, 0.25) is 0 Å². The molecule has 0 fully saturated rings. The molecule has 0 amide bonds. The zero-order valence-electron chi connectivity index (χ0n) is 12.4. The molecule has 0 aliphatic heterocycles. The average molecular weight is 250 g/mol. The zero-order valence-corrected chi connectivity index (χ0v) is 12.4. The van der Waals surface area contributed by atoms with Crippen LogP contribution in [0.4, 0.5) is 0 Å². The standard InChI is InChI=1S/C15H26N2O/c1-9(2)17-8-14(16)13-7-10(3)15(18-6)12(5)11(13)4/h7,9,14,17H,8,16H2,1-6H3. The highest BCUT2D eigenvalue weighted by atomic mass is 16.5. The van der Waals surface area contributed by atoms with Crippen molar-refractivity contribution in [2.24, 2.45) is 5.73 Å². The van der Waals surface area contributed by atoms with Crippen LogP contribution in [0.15, 0.2) is 6.07 Å². The lowest BCUT2D eigenvalue weighted by Gasteiger charge is -2.21. The number of nitrogens with one attached hydrogen (secondary N) is 1. The summed E-state index contributed by atoms with van der Waals surface area (Å²) in [5, 5.41) is 3.38. The number of nitrogens with two attached hydrogens (primary N) is 1. The van der Waals surface area contributed by atoms with E-state index < -0.39 is 0 Å². The molecular weight excluding hydrogens is 224 g/mol. The Morgan fingerprint density at radius 1 is 1.22 bits per heavy atom. The number of ether oxygens (including phenoxy) is 1. The third-order valence-electron chi connectivity index (χ3n) is 3.42. The highest BCUT2D eigenvalue weighted by Gasteiger charge is 2.15. The molecule has 0 bridgehead atoms. The van der Waals surface area contributed by atoms with Crippen LogP contribution in [0, 0.1) is 20.8 Å². The Morgan fingerprint density at radius 2 is 1.83 bits per heavy atom. The lowest BCUT2D eigenvalue weighted by atomic mass is 9.94. The van der Waals surface area contributed by atoms with Gasteiger partial charge in [-0.05, 0) is 43.0 Å².